The van der Waals surface area contributed by atoms with Crippen molar-refractivity contribution in [3.8, 4) is 0 Å². The number of nitrogens with zero attached hydrogens (tertiary/aromatic N) is 2. The van der Waals surface area contributed by atoms with Gasteiger partial charge >= 0.3 is 59.6 Å². The normalized spacial score (nSPS) is 16.0. The summed E-state index contributed by atoms with van der Waals surface area (Å²) in [5, 5.41) is 2.44. The van der Waals surface area contributed by atoms with Crippen molar-refractivity contribution in [1.82, 2.24) is 9.80 Å². The first-order chi connectivity index (χ1) is 37.9. The molecule has 0 saturated carbocycles. The van der Waals surface area contributed by atoms with E-state index in [1.165, 1.54) is 82.9 Å². The van der Waals surface area contributed by atoms with Crippen molar-refractivity contribution in [3.05, 3.63) is 70.8 Å². The molecular formula is C55H51F17N2O8. The van der Waals surface area contributed by atoms with E-state index in [4.69, 9.17) is 4.74 Å². The van der Waals surface area contributed by atoms with Crippen LogP contribution in [0.3, 0.4) is 0 Å². The number of hydrogen-bond donors (Lipinski definition) is 0. The average Bonchev–Trinajstić information content (AvgIpc) is 0.778. The largest absolute Gasteiger partial charge is 0.464 e. The highest BCUT2D eigenvalue weighted by molar-refractivity contribution is 6.41. The van der Waals surface area contributed by atoms with Crippen molar-refractivity contribution < 1.29 is 113 Å². The summed E-state index contributed by atoms with van der Waals surface area (Å²) in [6, 6.07) is 7.71. The molecule has 10 nitrogen and oxygen atoms in total. The zero-order valence-electron chi connectivity index (χ0n) is 43.8. The monoisotopic (exact) mass is 1190 g/mol. The number of imide groups is 2. The second-order valence-corrected chi connectivity index (χ2v) is 20.8. The molecule has 7 rings (SSSR count). The molecular weight excluding hydrogens is 1140 g/mol. The molecule has 2 heterocycles. The molecule has 0 bridgehead atoms. The first-order valence-corrected chi connectivity index (χ1v) is 25.9. The number of alkyl halides is 17. The molecule has 0 fully saturated rings. The van der Waals surface area contributed by atoms with Crippen molar-refractivity contribution in [2.24, 2.45) is 5.92 Å². The summed E-state index contributed by atoms with van der Waals surface area (Å²) in [7, 11) is 0. The maximum absolute atomic E-state index is 14.8. The fraction of sp³-hybridized carbons (Fsp3) is 0.527. The van der Waals surface area contributed by atoms with Crippen LogP contribution in [0.25, 0.3) is 43.1 Å². The molecule has 0 aromatic heterocycles. The van der Waals surface area contributed by atoms with Crippen LogP contribution in [0.2, 0.25) is 0 Å². The molecule has 2 unspecified atom stereocenters. The van der Waals surface area contributed by atoms with Crippen LogP contribution < -0.4 is 0 Å². The number of hydrogen-bond acceptors (Lipinski definition) is 8. The predicted molar refractivity (Wildman–Crippen MR) is 260 cm³/mol. The predicted octanol–water partition coefficient (Wildman–Crippen LogP) is 15.1. The van der Waals surface area contributed by atoms with E-state index < -0.39 is 121 Å². The Labute approximate surface area is 454 Å². The summed E-state index contributed by atoms with van der Waals surface area (Å²) in [4.78, 5) is 85.2. The molecule has 0 N–H and O–H groups in total. The van der Waals surface area contributed by atoms with E-state index in [0.717, 1.165) is 37.0 Å². The van der Waals surface area contributed by atoms with Gasteiger partial charge in [0.25, 0.3) is 23.6 Å². The van der Waals surface area contributed by atoms with Gasteiger partial charge in [-0.15, -0.1) is 0 Å². The van der Waals surface area contributed by atoms with Gasteiger partial charge in [0.1, 0.15) is 12.1 Å². The summed E-state index contributed by atoms with van der Waals surface area (Å²) in [5.41, 5.74) is -0.453. The van der Waals surface area contributed by atoms with Crippen LogP contribution in [0.15, 0.2) is 48.5 Å². The molecule has 2 aliphatic rings. The third kappa shape index (κ3) is 9.98. The van der Waals surface area contributed by atoms with Gasteiger partial charge < -0.3 is 9.47 Å². The van der Waals surface area contributed by atoms with E-state index in [1.807, 2.05) is 0 Å². The highest BCUT2D eigenvalue weighted by Gasteiger charge is 2.95. The first kappa shape index (κ1) is 63.0. The van der Waals surface area contributed by atoms with Crippen LogP contribution in [0.1, 0.15) is 146 Å². The summed E-state index contributed by atoms with van der Waals surface area (Å²) < 4.78 is 246. The zero-order valence-corrected chi connectivity index (χ0v) is 43.8. The van der Waals surface area contributed by atoms with Crippen LogP contribution >= 0.6 is 0 Å². The van der Waals surface area contributed by atoms with Gasteiger partial charge in [-0.05, 0) is 82.3 Å². The van der Waals surface area contributed by atoms with Gasteiger partial charge in [-0.3, -0.25) is 29.0 Å². The third-order valence-electron chi connectivity index (χ3n) is 14.9. The Morgan fingerprint density at radius 2 is 0.768 bits per heavy atom. The topological polar surface area (TPSA) is 127 Å². The Hall–Kier alpha value is -6.57. The van der Waals surface area contributed by atoms with Crippen molar-refractivity contribution in [2.45, 2.75) is 164 Å². The summed E-state index contributed by atoms with van der Waals surface area (Å²) in [6.45, 7) is 4.07. The molecule has 2 atom stereocenters. The molecule has 5 aromatic carbocycles. The highest BCUT2D eigenvalue weighted by Crippen LogP contribution is 2.64. The van der Waals surface area contributed by atoms with Crippen LogP contribution in [-0.2, 0) is 19.1 Å². The number of ether oxygens (including phenoxy) is 2. The molecule has 448 valence electrons. The number of carbonyl (C=O) groups is 6. The molecule has 0 spiro atoms. The van der Waals surface area contributed by atoms with E-state index in [2.05, 4.69) is 11.7 Å². The van der Waals surface area contributed by atoms with Gasteiger partial charge in [0, 0.05) is 33.0 Å². The lowest BCUT2D eigenvalue weighted by molar-refractivity contribution is -0.461. The molecule has 5 aromatic rings. The van der Waals surface area contributed by atoms with E-state index in [1.54, 1.807) is 12.1 Å². The van der Waals surface area contributed by atoms with Crippen molar-refractivity contribution in [2.75, 3.05) is 13.2 Å². The lowest BCUT2D eigenvalue weighted by Gasteiger charge is -2.42. The Morgan fingerprint density at radius 3 is 1.15 bits per heavy atom. The van der Waals surface area contributed by atoms with Crippen LogP contribution in [-0.4, -0.2) is 118 Å². The van der Waals surface area contributed by atoms with E-state index in [0.29, 0.717) is 33.4 Å². The van der Waals surface area contributed by atoms with Crippen LogP contribution in [0.5, 0.6) is 0 Å². The smallest absolute Gasteiger partial charge is 0.460 e. The number of rotatable bonds is 26. The van der Waals surface area contributed by atoms with E-state index >= 15 is 0 Å². The minimum Gasteiger partial charge on any atom is -0.464 e. The highest BCUT2D eigenvalue weighted by atomic mass is 19.4. The van der Waals surface area contributed by atoms with Crippen molar-refractivity contribution in [3.63, 3.8) is 0 Å². The number of fused-ring (bicyclic) bond motifs is 2. The Balaban J connectivity index is 1.11. The van der Waals surface area contributed by atoms with Crippen molar-refractivity contribution >= 4 is 78.7 Å². The lowest BCUT2D eigenvalue weighted by Crippen LogP contribution is -2.74. The quantitative estimate of drug-likeness (QED) is 0.0134. The maximum atomic E-state index is 14.8. The third-order valence-corrected chi connectivity index (χ3v) is 14.9. The molecule has 82 heavy (non-hydrogen) atoms. The molecule has 27 heteroatoms. The minimum absolute atomic E-state index is 0.00880. The Morgan fingerprint density at radius 1 is 0.427 bits per heavy atom. The molecule has 2 aliphatic heterocycles. The van der Waals surface area contributed by atoms with Crippen molar-refractivity contribution in [1.29, 1.82) is 0 Å². The van der Waals surface area contributed by atoms with Gasteiger partial charge in [0.15, 0.2) is 0 Å². The van der Waals surface area contributed by atoms with Gasteiger partial charge in [-0.2, -0.15) is 74.6 Å². The minimum atomic E-state index is -8.83. The molecule has 0 radical (unpaired) electrons. The van der Waals surface area contributed by atoms with Crippen LogP contribution in [0.4, 0.5) is 74.6 Å². The zero-order chi connectivity index (χ0) is 61.2. The number of amides is 4. The maximum Gasteiger partial charge on any atom is 0.460 e. The van der Waals surface area contributed by atoms with Gasteiger partial charge in [-0.25, -0.2) is 9.59 Å². The second kappa shape index (κ2) is 22.2. The van der Waals surface area contributed by atoms with E-state index in [9.17, 15) is 103 Å². The number of halogens is 17. The number of esters is 2. The van der Waals surface area contributed by atoms with Gasteiger partial charge in [0.2, 0.25) is 0 Å². The Kier molecular flexibility index (Phi) is 17.1. The van der Waals surface area contributed by atoms with Gasteiger partial charge in [0.05, 0.1) is 19.6 Å². The second-order valence-electron chi connectivity index (χ2n) is 20.8. The number of benzene rings is 5. The fourth-order valence-electron chi connectivity index (χ4n) is 10.4. The fourth-order valence-corrected chi connectivity index (χ4v) is 10.4. The summed E-state index contributed by atoms with van der Waals surface area (Å²) in [5.74, 6) is -65.7. The number of carbonyl (C=O) groups excluding carboxylic acids is 6. The Bertz CT molecular complexity index is 3200. The summed E-state index contributed by atoms with van der Waals surface area (Å²) >= 11 is 0. The standard InChI is InChI=1S/C55H51F17N2O8/c1-5-6-7-8-9-10-11-12-13-14-24-81-46(79)28(4)73-42(75)33-19-15-29-31-17-21-35-41-36(22-18-32(39(31)41)30-16-20-34(43(73)76)40(33)38(29)30)45(78)74(44(35)77)37(26-27(2)3)47(80)82-25-23-48(56,57)49(58,59)50(60,61)51(62,63)52(64,65)53(66,67)54(68,69)55(70,71)72/h15-22,27-28,37H,5-14,23-26H2,1-4H3. The molecule has 0 saturated heterocycles. The molecule has 4 amide bonds. The average molecular weight is 1190 g/mol. The van der Waals surface area contributed by atoms with E-state index in [-0.39, 0.29) is 49.9 Å². The SMILES string of the molecule is CCCCCCCCCCCCOC(=O)C(C)N1C(=O)c2ccc3c4ccc5c6c(ccc(c7ccc(c2c37)C1=O)c64)C(=O)N(C(CC(C)C)C(=O)OCCC(F)(F)C(F)(F)C(F)(F)C(F)(F)C(F)(F)C(F)(F)C(F)(F)C(F)(F)F)C5=O. The summed E-state index contributed by atoms with van der Waals surface area (Å²) in [6.07, 6.45) is -1.15. The van der Waals surface area contributed by atoms with Crippen LogP contribution in [0, 0.1) is 5.92 Å². The number of unbranched alkanes of at least 4 members (excludes halogenated alkanes) is 9. The van der Waals surface area contributed by atoms with Gasteiger partial charge in [-0.1, -0.05) is 103 Å². The first-order valence-electron chi connectivity index (χ1n) is 25.9. The molecule has 0 aliphatic carbocycles. The lowest BCUT2D eigenvalue weighted by atomic mass is 9.82.